The van der Waals surface area contributed by atoms with Crippen LogP contribution in [0.3, 0.4) is 0 Å². The summed E-state index contributed by atoms with van der Waals surface area (Å²) in [5.41, 5.74) is -0.277. The number of rotatable bonds is 8. The quantitative estimate of drug-likeness (QED) is 0.684. The molecule has 0 fully saturated rings. The second-order valence-electron chi connectivity index (χ2n) is 6.16. The maximum absolute atomic E-state index is 14.0. The van der Waals surface area contributed by atoms with E-state index in [-0.39, 0.29) is 34.9 Å². The highest BCUT2D eigenvalue weighted by Gasteiger charge is 2.27. The molecule has 0 aliphatic carbocycles. The topological polar surface area (TPSA) is 99.5 Å². The van der Waals surface area contributed by atoms with Gasteiger partial charge in [-0.05, 0) is 24.3 Å². The van der Waals surface area contributed by atoms with Crippen molar-refractivity contribution in [3.05, 3.63) is 59.2 Å². The predicted molar refractivity (Wildman–Crippen MR) is 105 cm³/mol. The van der Waals surface area contributed by atoms with Gasteiger partial charge in [-0.3, -0.25) is 4.79 Å². The maximum Gasteiger partial charge on any atom is 0.252 e. The Hall–Kier alpha value is -3.03. The second-order valence-corrected chi connectivity index (χ2v) is 8.06. The van der Waals surface area contributed by atoms with Crippen LogP contribution >= 0.6 is 0 Å². The molecule has 1 unspecified atom stereocenters. The van der Waals surface area contributed by atoms with Crippen LogP contribution in [-0.4, -0.2) is 38.8 Å². The van der Waals surface area contributed by atoms with E-state index in [0.29, 0.717) is 6.07 Å². The summed E-state index contributed by atoms with van der Waals surface area (Å²) in [4.78, 5) is 12.4. The number of hydrogen-bond acceptors (Lipinski definition) is 5. The minimum Gasteiger partial charge on any atom is -0.495 e. The number of nitrogens with one attached hydrogen (secondary N) is 1. The summed E-state index contributed by atoms with van der Waals surface area (Å²) in [5, 5.41) is 11.6. The fourth-order valence-corrected chi connectivity index (χ4v) is 4.49. The second kappa shape index (κ2) is 9.65. The Labute approximate surface area is 173 Å². The molecule has 0 radical (unpaired) electrons. The lowest BCUT2D eigenvalue weighted by molar-refractivity contribution is 0.0944. The maximum atomic E-state index is 14.0. The van der Waals surface area contributed by atoms with Gasteiger partial charge in [0.05, 0.1) is 13.2 Å². The highest BCUT2D eigenvalue weighted by Crippen LogP contribution is 2.28. The summed E-state index contributed by atoms with van der Waals surface area (Å²) in [6, 6.07) is 6.76. The van der Waals surface area contributed by atoms with E-state index in [1.807, 2.05) is 0 Å². The lowest BCUT2D eigenvalue weighted by Gasteiger charge is -2.20. The Morgan fingerprint density at radius 2 is 1.87 bits per heavy atom. The van der Waals surface area contributed by atoms with E-state index in [1.54, 1.807) is 19.9 Å². The molecule has 0 aliphatic heterocycles. The van der Waals surface area contributed by atoms with Crippen molar-refractivity contribution in [2.75, 3.05) is 20.2 Å². The number of ether oxygens (including phenoxy) is 1. The Kier molecular flexibility index (Phi) is 7.48. The van der Waals surface area contributed by atoms with Crippen molar-refractivity contribution in [2.24, 2.45) is 0 Å². The molecule has 160 valence electrons. The van der Waals surface area contributed by atoms with E-state index in [2.05, 4.69) is 5.32 Å². The van der Waals surface area contributed by atoms with E-state index in [9.17, 15) is 27.3 Å². The molecule has 0 spiro atoms. The van der Waals surface area contributed by atoms with Gasteiger partial charge in [-0.1, -0.05) is 19.9 Å². The molecule has 0 aromatic heterocycles. The fourth-order valence-electron chi connectivity index (χ4n) is 2.85. The molecule has 1 N–H and O–H groups in total. The molecule has 0 saturated heterocycles. The first-order chi connectivity index (χ1) is 14.2. The number of carbonyl (C=O) groups excluding carboxylic acids is 1. The van der Waals surface area contributed by atoms with Crippen molar-refractivity contribution < 1.29 is 26.7 Å². The molecule has 1 amide bonds. The van der Waals surface area contributed by atoms with Crippen molar-refractivity contribution in [3.63, 3.8) is 0 Å². The predicted octanol–water partition coefficient (Wildman–Crippen LogP) is 3.00. The van der Waals surface area contributed by atoms with Crippen LogP contribution in [0.15, 0.2) is 41.3 Å². The number of hydrogen-bond donors (Lipinski definition) is 1. The van der Waals surface area contributed by atoms with Crippen molar-refractivity contribution in [2.45, 2.75) is 24.8 Å². The monoisotopic (exact) mass is 437 g/mol. The number of benzene rings is 2. The number of nitriles is 1. The fraction of sp³-hybridized carbons (Fsp3) is 0.300. The molecule has 0 bridgehead atoms. The molecule has 10 heteroatoms. The van der Waals surface area contributed by atoms with Crippen LogP contribution in [0.1, 0.15) is 35.8 Å². The SMILES string of the molecule is CCN(CC)S(=O)(=O)c1cc(C(=O)NC(C#N)c2ccc(F)cc2F)ccc1OC. The zero-order chi connectivity index (χ0) is 22.5. The van der Waals surface area contributed by atoms with E-state index in [0.717, 1.165) is 18.2 Å². The Bertz CT molecular complexity index is 1080. The molecule has 2 aromatic rings. The van der Waals surface area contributed by atoms with Gasteiger partial charge in [0.15, 0.2) is 0 Å². The molecule has 0 heterocycles. The number of carbonyl (C=O) groups is 1. The summed E-state index contributed by atoms with van der Waals surface area (Å²) in [6.45, 7) is 3.80. The summed E-state index contributed by atoms with van der Waals surface area (Å²) in [7, 11) is -2.63. The van der Waals surface area contributed by atoms with E-state index >= 15 is 0 Å². The largest absolute Gasteiger partial charge is 0.495 e. The molecule has 2 aromatic carbocycles. The molecule has 0 saturated carbocycles. The Morgan fingerprint density at radius 1 is 1.20 bits per heavy atom. The molecule has 1 atom stereocenters. The van der Waals surface area contributed by atoms with Gasteiger partial charge in [0.1, 0.15) is 28.3 Å². The number of nitrogens with zero attached hydrogens (tertiary/aromatic N) is 2. The first-order valence-electron chi connectivity index (χ1n) is 9.03. The molecule has 7 nitrogen and oxygen atoms in total. The van der Waals surface area contributed by atoms with Crippen LogP contribution in [0.25, 0.3) is 0 Å². The third kappa shape index (κ3) is 4.75. The molecule has 30 heavy (non-hydrogen) atoms. The average molecular weight is 437 g/mol. The third-order valence-corrected chi connectivity index (χ3v) is 6.50. The van der Waals surface area contributed by atoms with Crippen molar-refractivity contribution in [1.82, 2.24) is 9.62 Å². The Morgan fingerprint density at radius 3 is 2.40 bits per heavy atom. The van der Waals surface area contributed by atoms with Crippen LogP contribution < -0.4 is 10.1 Å². The highest BCUT2D eigenvalue weighted by molar-refractivity contribution is 7.89. The van der Waals surface area contributed by atoms with Gasteiger partial charge >= 0.3 is 0 Å². The van der Waals surface area contributed by atoms with E-state index in [1.165, 1.54) is 23.5 Å². The summed E-state index contributed by atoms with van der Waals surface area (Å²) < 4.78 is 59.2. The average Bonchev–Trinajstić information content (AvgIpc) is 2.72. The van der Waals surface area contributed by atoms with E-state index < -0.39 is 33.6 Å². The van der Waals surface area contributed by atoms with Gasteiger partial charge < -0.3 is 10.1 Å². The first kappa shape index (κ1) is 23.3. The van der Waals surface area contributed by atoms with E-state index in [4.69, 9.17) is 4.74 Å². The molecule has 0 aliphatic rings. The third-order valence-electron chi connectivity index (χ3n) is 4.43. The summed E-state index contributed by atoms with van der Waals surface area (Å²) in [6.07, 6.45) is 0. The van der Waals surface area contributed by atoms with Crippen LogP contribution in [0.2, 0.25) is 0 Å². The van der Waals surface area contributed by atoms with Crippen LogP contribution in [0, 0.1) is 23.0 Å². The first-order valence-corrected chi connectivity index (χ1v) is 10.5. The summed E-state index contributed by atoms with van der Waals surface area (Å²) >= 11 is 0. The van der Waals surface area contributed by atoms with Gasteiger partial charge in [-0.25, -0.2) is 17.2 Å². The zero-order valence-electron chi connectivity index (χ0n) is 16.6. The minimum absolute atomic E-state index is 0.0554. The number of sulfonamides is 1. The summed E-state index contributed by atoms with van der Waals surface area (Å²) in [5.74, 6) is -2.55. The van der Waals surface area contributed by atoms with Crippen LogP contribution in [-0.2, 0) is 10.0 Å². The smallest absolute Gasteiger partial charge is 0.252 e. The van der Waals surface area contributed by atoms with Crippen LogP contribution in [0.5, 0.6) is 5.75 Å². The van der Waals surface area contributed by atoms with Crippen molar-refractivity contribution in [3.8, 4) is 11.8 Å². The van der Waals surface area contributed by atoms with Gasteiger partial charge in [0.25, 0.3) is 5.91 Å². The molecular weight excluding hydrogens is 416 g/mol. The van der Waals surface area contributed by atoms with Gasteiger partial charge in [0, 0.05) is 30.3 Å². The van der Waals surface area contributed by atoms with Gasteiger partial charge in [-0.15, -0.1) is 0 Å². The number of methoxy groups -OCH3 is 1. The molecule has 2 rings (SSSR count). The standard InChI is InChI=1S/C20H21F2N3O4S/c1-4-25(5-2)30(27,28)19-10-13(6-9-18(19)29-3)20(26)24-17(12-23)15-8-7-14(21)11-16(15)22/h6-11,17H,4-5H2,1-3H3,(H,24,26). The number of halogens is 2. The molecular formula is C20H21F2N3O4S. The van der Waals surface area contributed by atoms with Crippen molar-refractivity contribution >= 4 is 15.9 Å². The zero-order valence-corrected chi connectivity index (χ0v) is 17.5. The number of amides is 1. The minimum atomic E-state index is -3.94. The van der Waals surface area contributed by atoms with Gasteiger partial charge in [0.2, 0.25) is 10.0 Å². The lowest BCUT2D eigenvalue weighted by Crippen LogP contribution is -2.32. The Balaban J connectivity index is 2.42. The van der Waals surface area contributed by atoms with Gasteiger partial charge in [-0.2, -0.15) is 9.57 Å². The highest BCUT2D eigenvalue weighted by atomic mass is 32.2. The van der Waals surface area contributed by atoms with Crippen molar-refractivity contribution in [1.29, 1.82) is 5.26 Å². The van der Waals surface area contributed by atoms with Crippen LogP contribution in [0.4, 0.5) is 8.78 Å². The normalized spacial score (nSPS) is 12.3. The lowest BCUT2D eigenvalue weighted by atomic mass is 10.1.